The van der Waals surface area contributed by atoms with Crippen LogP contribution in [-0.2, 0) is 0 Å². The Morgan fingerprint density at radius 2 is 1.50 bits per heavy atom. The quantitative estimate of drug-likeness (QED) is 0.256. The van der Waals surface area contributed by atoms with Crippen LogP contribution in [0.2, 0.25) is 0 Å². The number of benzene rings is 3. The molecule has 0 aliphatic heterocycles. The molecule has 1 N–H and O–H groups in total. The number of imidazole rings is 1. The molecule has 0 aliphatic rings. The second-order valence-electron chi connectivity index (χ2n) is 9.61. The lowest BCUT2D eigenvalue weighted by Gasteiger charge is -2.14. The molecule has 0 atom stereocenters. The molecule has 0 saturated carbocycles. The highest BCUT2D eigenvalue weighted by Gasteiger charge is 2.17. The molecular weight excluding hydrogens is 442 g/mol. The summed E-state index contributed by atoms with van der Waals surface area (Å²) in [5.41, 5.74) is 11.0. The summed E-state index contributed by atoms with van der Waals surface area (Å²) in [5.74, 6) is 0. The minimum atomic E-state index is 0.747. The number of pyridine rings is 3. The number of nitrogens with zero attached hydrogens (tertiary/aromatic N) is 4. The highest BCUT2D eigenvalue weighted by molar-refractivity contribution is 6.15. The number of hydrogen-bond donors (Lipinski definition) is 1. The number of fused-ring (bicyclic) bond motifs is 11. The first-order valence-electron chi connectivity index (χ1n) is 12.1. The smallest absolute Gasteiger partial charge is 0.178 e. The summed E-state index contributed by atoms with van der Waals surface area (Å²) in [7, 11) is 0. The lowest BCUT2D eigenvalue weighted by Crippen LogP contribution is -1.95. The molecule has 0 radical (unpaired) electrons. The molecule has 0 amide bonds. The molecule has 3 aromatic carbocycles. The van der Waals surface area contributed by atoms with Crippen molar-refractivity contribution in [3.8, 4) is 11.1 Å². The van der Waals surface area contributed by atoms with Crippen LogP contribution in [0.15, 0.2) is 85.3 Å². The molecule has 0 unspecified atom stereocenters. The zero-order chi connectivity index (χ0) is 24.0. The van der Waals surface area contributed by atoms with Crippen LogP contribution in [0, 0.1) is 13.8 Å². The lowest BCUT2D eigenvalue weighted by molar-refractivity contribution is 1.27. The molecular formula is C31H21N5. The Hall–Kier alpha value is -4.77. The van der Waals surface area contributed by atoms with E-state index < -0.39 is 0 Å². The van der Waals surface area contributed by atoms with Crippen LogP contribution >= 0.6 is 0 Å². The van der Waals surface area contributed by atoms with Crippen molar-refractivity contribution in [2.24, 2.45) is 0 Å². The SMILES string of the molecule is Cc1cc2c(cc1-c1cc3c4ccncc4n4c5cccnc5nc4c3cc1C)[nH]c1ccccc12. The number of hydrogen-bond acceptors (Lipinski definition) is 3. The number of nitrogens with one attached hydrogen (secondary N) is 1. The second kappa shape index (κ2) is 6.89. The molecule has 36 heavy (non-hydrogen) atoms. The van der Waals surface area contributed by atoms with Gasteiger partial charge in [-0.1, -0.05) is 18.2 Å². The molecule has 0 spiro atoms. The highest BCUT2D eigenvalue weighted by Crippen LogP contribution is 2.39. The predicted molar refractivity (Wildman–Crippen MR) is 148 cm³/mol. The first-order chi connectivity index (χ1) is 17.7. The van der Waals surface area contributed by atoms with Crippen molar-refractivity contribution in [2.45, 2.75) is 13.8 Å². The van der Waals surface area contributed by atoms with E-state index in [1.165, 1.54) is 43.9 Å². The van der Waals surface area contributed by atoms with Gasteiger partial charge in [-0.25, -0.2) is 9.97 Å². The molecule has 5 aromatic heterocycles. The Morgan fingerprint density at radius 3 is 2.42 bits per heavy atom. The number of rotatable bonds is 1. The minimum Gasteiger partial charge on any atom is -0.354 e. The number of aryl methyl sites for hydroxylation is 2. The maximum atomic E-state index is 4.94. The van der Waals surface area contributed by atoms with E-state index >= 15 is 0 Å². The first-order valence-corrected chi connectivity index (χ1v) is 12.1. The predicted octanol–water partition coefficient (Wildman–Crippen LogP) is 7.50. The number of para-hydroxylation sites is 1. The van der Waals surface area contributed by atoms with Gasteiger partial charge in [0.1, 0.15) is 5.65 Å². The van der Waals surface area contributed by atoms with Gasteiger partial charge >= 0.3 is 0 Å². The van der Waals surface area contributed by atoms with E-state index in [-0.39, 0.29) is 0 Å². The monoisotopic (exact) mass is 463 g/mol. The summed E-state index contributed by atoms with van der Waals surface area (Å²) in [5, 5.41) is 5.98. The normalized spacial score (nSPS) is 12.2. The molecule has 5 heteroatoms. The third kappa shape index (κ3) is 2.52. The molecule has 0 saturated heterocycles. The van der Waals surface area contributed by atoms with Gasteiger partial charge in [0.15, 0.2) is 5.65 Å². The van der Waals surface area contributed by atoms with E-state index in [0.29, 0.717) is 0 Å². The topological polar surface area (TPSA) is 58.9 Å². The summed E-state index contributed by atoms with van der Waals surface area (Å²) < 4.78 is 2.19. The van der Waals surface area contributed by atoms with Crippen molar-refractivity contribution >= 4 is 60.3 Å². The Labute approximate surface area is 206 Å². The lowest BCUT2D eigenvalue weighted by atomic mass is 9.92. The van der Waals surface area contributed by atoms with Gasteiger partial charge in [-0.15, -0.1) is 0 Å². The summed E-state index contributed by atoms with van der Waals surface area (Å²) in [6, 6.07) is 23.9. The van der Waals surface area contributed by atoms with Crippen molar-refractivity contribution in [2.75, 3.05) is 0 Å². The van der Waals surface area contributed by atoms with E-state index in [2.05, 4.69) is 93.9 Å². The Bertz CT molecular complexity index is 2180. The van der Waals surface area contributed by atoms with Crippen LogP contribution in [0.25, 0.3) is 71.4 Å². The molecule has 0 aliphatic carbocycles. The number of aromatic amines is 1. The van der Waals surface area contributed by atoms with Gasteiger partial charge < -0.3 is 4.98 Å². The summed E-state index contributed by atoms with van der Waals surface area (Å²) in [6.07, 6.45) is 5.59. The zero-order valence-corrected chi connectivity index (χ0v) is 19.9. The van der Waals surface area contributed by atoms with Crippen LogP contribution < -0.4 is 0 Å². The molecule has 8 rings (SSSR count). The molecule has 5 nitrogen and oxygen atoms in total. The maximum absolute atomic E-state index is 4.94. The van der Waals surface area contributed by atoms with Crippen molar-refractivity contribution in [1.82, 2.24) is 24.3 Å². The van der Waals surface area contributed by atoms with Gasteiger partial charge in [-0.3, -0.25) is 9.38 Å². The van der Waals surface area contributed by atoms with Crippen LogP contribution in [0.3, 0.4) is 0 Å². The van der Waals surface area contributed by atoms with Gasteiger partial charge in [-0.05, 0) is 90.0 Å². The van der Waals surface area contributed by atoms with Crippen LogP contribution in [0.1, 0.15) is 11.1 Å². The minimum absolute atomic E-state index is 0.747. The van der Waals surface area contributed by atoms with Crippen LogP contribution in [0.4, 0.5) is 0 Å². The Morgan fingerprint density at radius 1 is 0.667 bits per heavy atom. The van der Waals surface area contributed by atoms with E-state index in [1.54, 1.807) is 6.20 Å². The summed E-state index contributed by atoms with van der Waals surface area (Å²) in [6.45, 7) is 4.40. The van der Waals surface area contributed by atoms with E-state index in [1.807, 2.05) is 18.5 Å². The van der Waals surface area contributed by atoms with Gasteiger partial charge in [0.05, 0.1) is 17.2 Å². The van der Waals surface area contributed by atoms with Gasteiger partial charge in [0.25, 0.3) is 0 Å². The zero-order valence-electron chi connectivity index (χ0n) is 19.9. The average molecular weight is 464 g/mol. The average Bonchev–Trinajstić information content (AvgIpc) is 3.47. The fourth-order valence-corrected chi connectivity index (χ4v) is 5.83. The fourth-order valence-electron chi connectivity index (χ4n) is 5.83. The molecule has 5 heterocycles. The standard InChI is InChI=1S/C31H21N5/c1-17-12-24-19-6-3-4-7-26(19)34-27(24)15-22(17)21-14-23-20-9-11-32-16-29(20)36-28-8-5-10-33-30(28)35-31(36)25(23)13-18(21)2/h3-16,34H,1-2H3. The van der Waals surface area contributed by atoms with E-state index in [0.717, 1.165) is 38.6 Å². The molecule has 170 valence electrons. The van der Waals surface area contributed by atoms with E-state index in [4.69, 9.17) is 4.98 Å². The van der Waals surface area contributed by atoms with Crippen LogP contribution in [0.5, 0.6) is 0 Å². The largest absolute Gasteiger partial charge is 0.354 e. The van der Waals surface area contributed by atoms with Crippen LogP contribution in [-0.4, -0.2) is 24.3 Å². The molecule has 0 bridgehead atoms. The van der Waals surface area contributed by atoms with Crippen molar-refractivity contribution < 1.29 is 0 Å². The fraction of sp³-hybridized carbons (Fsp3) is 0.0645. The highest BCUT2D eigenvalue weighted by atomic mass is 15.1. The van der Waals surface area contributed by atoms with Crippen molar-refractivity contribution in [3.05, 3.63) is 96.4 Å². The van der Waals surface area contributed by atoms with Gasteiger partial charge in [-0.2, -0.15) is 0 Å². The van der Waals surface area contributed by atoms with Crippen molar-refractivity contribution in [3.63, 3.8) is 0 Å². The molecule has 0 fully saturated rings. The van der Waals surface area contributed by atoms with Crippen molar-refractivity contribution in [1.29, 1.82) is 0 Å². The number of H-pyrrole nitrogens is 1. The van der Waals surface area contributed by atoms with E-state index in [9.17, 15) is 0 Å². The summed E-state index contributed by atoms with van der Waals surface area (Å²) >= 11 is 0. The van der Waals surface area contributed by atoms with Gasteiger partial charge in [0, 0.05) is 45.0 Å². The third-order valence-electron chi connectivity index (χ3n) is 7.51. The molecule has 8 aromatic rings. The summed E-state index contributed by atoms with van der Waals surface area (Å²) in [4.78, 5) is 17.5. The van der Waals surface area contributed by atoms with Gasteiger partial charge in [0.2, 0.25) is 0 Å². The Balaban J connectivity index is 1.49. The first kappa shape index (κ1) is 19.5. The number of aromatic nitrogens is 5. The second-order valence-corrected chi connectivity index (χ2v) is 9.61. The third-order valence-corrected chi connectivity index (χ3v) is 7.51. The maximum Gasteiger partial charge on any atom is 0.178 e. The Kier molecular flexibility index (Phi) is 3.74.